The van der Waals surface area contributed by atoms with E-state index in [1.54, 1.807) is 12.1 Å². The summed E-state index contributed by atoms with van der Waals surface area (Å²) in [6.45, 7) is 27.8. The van der Waals surface area contributed by atoms with E-state index in [1.807, 2.05) is 18.8 Å². The Morgan fingerprint density at radius 3 is 0.912 bits per heavy atom. The molecule has 2 nitrogen and oxygen atoms in total. The Hall–Kier alpha value is -0.708. The van der Waals surface area contributed by atoms with Gasteiger partial charge in [-0.1, -0.05) is 114 Å². The van der Waals surface area contributed by atoms with Gasteiger partial charge in [-0.05, 0) is 56.0 Å². The van der Waals surface area contributed by atoms with Crippen molar-refractivity contribution in [2.24, 2.45) is 0 Å². The third-order valence-electron chi connectivity index (χ3n) is 5.34. The molecule has 0 spiro atoms. The zero-order valence-electron chi connectivity index (χ0n) is 23.8. The minimum Gasteiger partial charge on any atom is -0.508 e. The summed E-state index contributed by atoms with van der Waals surface area (Å²) in [5, 5.41) is 19.7. The van der Waals surface area contributed by atoms with Gasteiger partial charge < -0.3 is 10.2 Å². The van der Waals surface area contributed by atoms with Crippen molar-refractivity contribution in [3.8, 4) is 11.5 Å². The van der Waals surface area contributed by atoms with Crippen molar-refractivity contribution in [1.82, 2.24) is 0 Å². The number of hydrogen-bond acceptors (Lipinski definition) is 2. The van der Waals surface area contributed by atoms with E-state index in [4.69, 9.17) is 0 Å². The first kappa shape index (κ1) is 37.8. The second kappa shape index (κ2) is 14.1. The van der Waals surface area contributed by atoms with Crippen LogP contribution in [0.5, 0.6) is 11.5 Å². The Bertz CT molecular complexity index is 794. The topological polar surface area (TPSA) is 40.5 Å². The van der Waals surface area contributed by atoms with Crippen LogP contribution in [0.25, 0.3) is 0 Å². The van der Waals surface area contributed by atoms with E-state index in [0.717, 1.165) is 11.1 Å². The molecular formula is C29H50ClCrO2P. The number of phenolic OH excluding ortho intramolecular Hbond substituents is 2. The molecule has 0 aliphatic rings. The van der Waals surface area contributed by atoms with E-state index in [2.05, 4.69) is 104 Å². The largest absolute Gasteiger partial charge is 0.508 e. The summed E-state index contributed by atoms with van der Waals surface area (Å²) >= 11 is 0. The Labute approximate surface area is 230 Å². The number of phenols is 2. The first-order valence-corrected chi connectivity index (χ1v) is 12.7. The summed E-state index contributed by atoms with van der Waals surface area (Å²) in [5.41, 5.74) is 4.83. The van der Waals surface area contributed by atoms with Gasteiger partial charge >= 0.3 is 0 Å². The normalized spacial score (nSPS) is 11.6. The van der Waals surface area contributed by atoms with E-state index >= 15 is 0 Å². The molecule has 2 aromatic carbocycles. The van der Waals surface area contributed by atoms with Gasteiger partial charge in [0.1, 0.15) is 11.5 Å². The van der Waals surface area contributed by atoms with Crippen LogP contribution in [0.1, 0.15) is 105 Å². The summed E-state index contributed by atoms with van der Waals surface area (Å²) in [7, 11) is 2.42. The monoisotopic (exact) mass is 548 g/mol. The summed E-state index contributed by atoms with van der Waals surface area (Å²) < 4.78 is 0. The quantitative estimate of drug-likeness (QED) is 0.323. The van der Waals surface area contributed by atoms with Crippen LogP contribution in [0.15, 0.2) is 36.4 Å². The Balaban J connectivity index is -0.000000499. The van der Waals surface area contributed by atoms with Gasteiger partial charge in [0.15, 0.2) is 0 Å². The molecule has 5 heteroatoms. The van der Waals surface area contributed by atoms with Crippen LogP contribution in [0.2, 0.25) is 0 Å². The standard InChI is InChI=1S/2C14H22O.CH5P.ClH.Cr/c2*1-13(2,3)10-7-8-12(15)11(9-10)14(4,5)6;1-2;;/h2*7-9,15H,1-6H3;2H2,1H3;1H;. The molecule has 0 saturated heterocycles. The molecule has 196 valence electrons. The molecule has 0 fully saturated rings. The molecule has 0 aliphatic carbocycles. The van der Waals surface area contributed by atoms with Crippen LogP contribution in [-0.2, 0) is 39.0 Å². The summed E-state index contributed by atoms with van der Waals surface area (Å²) in [6, 6.07) is 11.9. The Morgan fingerprint density at radius 2 is 0.735 bits per heavy atom. The molecule has 34 heavy (non-hydrogen) atoms. The van der Waals surface area contributed by atoms with E-state index in [1.165, 1.54) is 11.1 Å². The van der Waals surface area contributed by atoms with Crippen molar-refractivity contribution in [3.05, 3.63) is 58.7 Å². The molecule has 0 aliphatic heterocycles. The summed E-state index contributed by atoms with van der Waals surface area (Å²) in [4.78, 5) is 0. The van der Waals surface area contributed by atoms with Crippen molar-refractivity contribution < 1.29 is 27.6 Å². The molecule has 0 aromatic heterocycles. The fourth-order valence-electron chi connectivity index (χ4n) is 3.21. The first-order chi connectivity index (χ1) is 14.2. The van der Waals surface area contributed by atoms with Crippen molar-refractivity contribution in [3.63, 3.8) is 0 Å². The number of rotatable bonds is 0. The molecule has 0 radical (unpaired) electrons. The SMILES string of the molecule is CC(C)(C)c1ccc(O)c(C(C)(C)C)c1.CC(C)(C)c1ccc(O)c(C(C)(C)C)c1.CP.Cl.[Cr]. The number of hydrogen-bond donors (Lipinski definition) is 2. The predicted octanol–water partition coefficient (Wildman–Crippen LogP) is 8.88. The summed E-state index contributed by atoms with van der Waals surface area (Å²) in [6.07, 6.45) is 0. The van der Waals surface area contributed by atoms with Gasteiger partial charge in [-0.25, -0.2) is 0 Å². The van der Waals surface area contributed by atoms with Crippen LogP contribution in [0.3, 0.4) is 0 Å². The van der Waals surface area contributed by atoms with Crippen molar-refractivity contribution in [2.45, 2.75) is 105 Å². The molecule has 0 heterocycles. The molecule has 2 aromatic rings. The van der Waals surface area contributed by atoms with Crippen molar-refractivity contribution >= 4 is 21.6 Å². The first-order valence-electron chi connectivity index (χ1n) is 11.5. The fraction of sp³-hybridized carbons (Fsp3) is 0.586. The van der Waals surface area contributed by atoms with Gasteiger partial charge in [0.25, 0.3) is 0 Å². The Morgan fingerprint density at radius 1 is 0.500 bits per heavy atom. The maximum atomic E-state index is 9.84. The average molecular weight is 549 g/mol. The average Bonchev–Trinajstić information content (AvgIpc) is 2.60. The van der Waals surface area contributed by atoms with Crippen LogP contribution >= 0.6 is 21.6 Å². The van der Waals surface area contributed by atoms with Gasteiger partial charge in [0.2, 0.25) is 0 Å². The number of halogens is 1. The molecule has 2 rings (SSSR count). The number of benzene rings is 2. The zero-order valence-corrected chi connectivity index (χ0v) is 27.0. The van der Waals surface area contributed by atoms with Gasteiger partial charge in [-0.2, -0.15) is 0 Å². The third kappa shape index (κ3) is 11.8. The second-order valence-electron chi connectivity index (χ2n) is 12.5. The molecular weight excluding hydrogens is 499 g/mol. The van der Waals surface area contributed by atoms with E-state index in [-0.39, 0.29) is 51.4 Å². The minimum atomic E-state index is -0.00859. The van der Waals surface area contributed by atoms with Crippen LogP contribution in [-0.4, -0.2) is 16.9 Å². The van der Waals surface area contributed by atoms with Gasteiger partial charge in [-0.3, -0.25) is 0 Å². The molecule has 0 amide bonds. The van der Waals surface area contributed by atoms with E-state index in [9.17, 15) is 10.2 Å². The maximum absolute atomic E-state index is 9.84. The van der Waals surface area contributed by atoms with Gasteiger partial charge in [-0.15, -0.1) is 21.6 Å². The Kier molecular flexibility index (Phi) is 15.7. The fourth-order valence-corrected chi connectivity index (χ4v) is 3.21. The molecule has 2 N–H and O–H groups in total. The molecule has 0 saturated carbocycles. The zero-order chi connectivity index (χ0) is 25.7. The van der Waals surface area contributed by atoms with Crippen LogP contribution < -0.4 is 0 Å². The van der Waals surface area contributed by atoms with E-state index < -0.39 is 0 Å². The molecule has 1 unspecified atom stereocenters. The second-order valence-corrected chi connectivity index (χ2v) is 12.5. The van der Waals surface area contributed by atoms with Crippen molar-refractivity contribution in [1.29, 1.82) is 0 Å². The molecule has 0 bridgehead atoms. The van der Waals surface area contributed by atoms with Gasteiger partial charge in [0.05, 0.1) is 0 Å². The predicted molar refractivity (Wildman–Crippen MR) is 154 cm³/mol. The molecule has 1 atom stereocenters. The van der Waals surface area contributed by atoms with Crippen LogP contribution in [0, 0.1) is 0 Å². The van der Waals surface area contributed by atoms with Crippen LogP contribution in [0.4, 0.5) is 0 Å². The summed E-state index contributed by atoms with van der Waals surface area (Å²) in [5.74, 6) is 0.797. The smallest absolute Gasteiger partial charge is 0.119 e. The third-order valence-corrected chi connectivity index (χ3v) is 5.34. The minimum absolute atomic E-state index is 0. The van der Waals surface area contributed by atoms with E-state index in [0.29, 0.717) is 11.5 Å². The maximum Gasteiger partial charge on any atom is 0.119 e. The van der Waals surface area contributed by atoms with Gasteiger partial charge in [0, 0.05) is 17.4 Å². The number of aromatic hydroxyl groups is 2. The van der Waals surface area contributed by atoms with Crippen molar-refractivity contribution in [2.75, 3.05) is 6.66 Å².